The van der Waals surface area contributed by atoms with Crippen molar-refractivity contribution in [2.24, 2.45) is 7.05 Å². The van der Waals surface area contributed by atoms with Gasteiger partial charge >= 0.3 is 5.97 Å². The van der Waals surface area contributed by atoms with E-state index in [-0.39, 0.29) is 12.0 Å². The van der Waals surface area contributed by atoms with Gasteiger partial charge in [0.05, 0.1) is 11.9 Å². The Morgan fingerprint density at radius 2 is 2.11 bits per heavy atom. The van der Waals surface area contributed by atoms with Gasteiger partial charge < -0.3 is 9.67 Å². The summed E-state index contributed by atoms with van der Waals surface area (Å²) in [6.07, 6.45) is -0.277. The number of fused-ring (bicyclic) bond motifs is 1. The minimum atomic E-state index is -1.02. The summed E-state index contributed by atoms with van der Waals surface area (Å²) in [6, 6.07) is 5.22. The summed E-state index contributed by atoms with van der Waals surface area (Å²) >= 11 is 5.94. The van der Waals surface area contributed by atoms with Crippen LogP contribution in [0, 0.1) is 6.92 Å². The minimum Gasteiger partial charge on any atom is -0.481 e. The average Bonchev–Trinajstić information content (AvgIpc) is 2.31. The molecule has 1 heterocycles. The van der Waals surface area contributed by atoms with Crippen LogP contribution in [0.1, 0.15) is 11.1 Å². The molecule has 94 valence electrons. The molecule has 0 saturated carbocycles. The SMILES string of the molecule is Cc1c(CC(=O)O)c(=O)n(C)c2ccc(Cl)cc12. The summed E-state index contributed by atoms with van der Waals surface area (Å²) < 4.78 is 1.46. The van der Waals surface area contributed by atoms with Gasteiger partial charge in [0, 0.05) is 23.0 Å². The number of halogens is 1. The van der Waals surface area contributed by atoms with Gasteiger partial charge in [-0.15, -0.1) is 0 Å². The second-order valence-corrected chi connectivity index (χ2v) is 4.64. The lowest BCUT2D eigenvalue weighted by atomic mass is 10.0. The van der Waals surface area contributed by atoms with E-state index in [0.29, 0.717) is 16.1 Å². The molecular weight excluding hydrogens is 254 g/mol. The van der Waals surface area contributed by atoms with E-state index in [2.05, 4.69) is 0 Å². The molecule has 0 saturated heterocycles. The van der Waals surface area contributed by atoms with E-state index in [0.717, 1.165) is 10.9 Å². The van der Waals surface area contributed by atoms with Crippen molar-refractivity contribution in [2.45, 2.75) is 13.3 Å². The highest BCUT2D eigenvalue weighted by Gasteiger charge is 2.14. The third-order valence-electron chi connectivity index (χ3n) is 3.07. The predicted octanol–water partition coefficient (Wildman–Crippen LogP) is 2.13. The fraction of sp³-hybridized carbons (Fsp3) is 0.231. The first kappa shape index (κ1) is 12.6. The number of aromatic nitrogens is 1. The largest absolute Gasteiger partial charge is 0.481 e. The van der Waals surface area contributed by atoms with Gasteiger partial charge in [-0.3, -0.25) is 9.59 Å². The fourth-order valence-electron chi connectivity index (χ4n) is 2.10. The van der Waals surface area contributed by atoms with E-state index in [1.54, 1.807) is 32.2 Å². The Hall–Kier alpha value is -1.81. The normalized spacial score (nSPS) is 10.8. The number of rotatable bonds is 2. The highest BCUT2D eigenvalue weighted by atomic mass is 35.5. The lowest BCUT2D eigenvalue weighted by Gasteiger charge is -2.12. The van der Waals surface area contributed by atoms with Crippen LogP contribution in [0.3, 0.4) is 0 Å². The Labute approximate surface area is 108 Å². The lowest BCUT2D eigenvalue weighted by molar-refractivity contribution is -0.136. The average molecular weight is 266 g/mol. The molecular formula is C13H12ClNO3. The minimum absolute atomic E-state index is 0.273. The van der Waals surface area contributed by atoms with Crippen LogP contribution in [-0.4, -0.2) is 15.6 Å². The molecule has 0 aliphatic heterocycles. The molecule has 0 spiro atoms. The molecule has 0 radical (unpaired) electrons. The summed E-state index contributed by atoms with van der Waals surface area (Å²) in [6.45, 7) is 1.75. The molecule has 2 rings (SSSR count). The quantitative estimate of drug-likeness (QED) is 0.905. The number of carbonyl (C=O) groups is 1. The molecule has 1 aromatic heterocycles. The highest BCUT2D eigenvalue weighted by molar-refractivity contribution is 6.31. The Morgan fingerprint density at radius 3 is 2.72 bits per heavy atom. The first-order valence-corrected chi connectivity index (χ1v) is 5.79. The third-order valence-corrected chi connectivity index (χ3v) is 3.30. The van der Waals surface area contributed by atoms with Crippen molar-refractivity contribution in [1.29, 1.82) is 0 Å². The van der Waals surface area contributed by atoms with Crippen molar-refractivity contribution in [3.63, 3.8) is 0 Å². The van der Waals surface area contributed by atoms with Crippen LogP contribution in [0.25, 0.3) is 10.9 Å². The Bertz CT molecular complexity index is 703. The van der Waals surface area contributed by atoms with Crippen LogP contribution in [0.15, 0.2) is 23.0 Å². The predicted molar refractivity (Wildman–Crippen MR) is 70.3 cm³/mol. The topological polar surface area (TPSA) is 59.3 Å². The smallest absolute Gasteiger partial charge is 0.308 e. The number of carboxylic acids is 1. The number of nitrogens with zero attached hydrogens (tertiary/aromatic N) is 1. The molecule has 0 fully saturated rings. The highest BCUT2D eigenvalue weighted by Crippen LogP contribution is 2.23. The maximum atomic E-state index is 12.1. The second-order valence-electron chi connectivity index (χ2n) is 4.20. The van der Waals surface area contributed by atoms with Gasteiger partial charge in [0.15, 0.2) is 0 Å². The van der Waals surface area contributed by atoms with Gasteiger partial charge in [0.25, 0.3) is 5.56 Å². The van der Waals surface area contributed by atoms with Gasteiger partial charge in [-0.1, -0.05) is 11.6 Å². The van der Waals surface area contributed by atoms with Gasteiger partial charge in [-0.05, 0) is 30.7 Å². The van der Waals surface area contributed by atoms with Crippen LogP contribution >= 0.6 is 11.6 Å². The molecule has 1 aromatic carbocycles. The van der Waals surface area contributed by atoms with Crippen LogP contribution < -0.4 is 5.56 Å². The zero-order chi connectivity index (χ0) is 13.4. The van der Waals surface area contributed by atoms with E-state index in [9.17, 15) is 9.59 Å². The monoisotopic (exact) mass is 265 g/mol. The lowest BCUT2D eigenvalue weighted by Crippen LogP contribution is -2.25. The summed E-state index contributed by atoms with van der Waals surface area (Å²) in [5, 5.41) is 10.2. The Morgan fingerprint density at radius 1 is 1.44 bits per heavy atom. The summed E-state index contributed by atoms with van der Waals surface area (Å²) in [5.41, 5.74) is 1.46. The number of benzene rings is 1. The van der Waals surface area contributed by atoms with Gasteiger partial charge in [-0.2, -0.15) is 0 Å². The fourth-order valence-corrected chi connectivity index (χ4v) is 2.27. The van der Waals surface area contributed by atoms with Crippen LogP contribution in [0.2, 0.25) is 5.02 Å². The molecule has 2 aromatic rings. The number of hydrogen-bond acceptors (Lipinski definition) is 2. The third kappa shape index (κ3) is 1.99. The second kappa shape index (κ2) is 4.46. The maximum Gasteiger partial charge on any atom is 0.308 e. The Kier molecular flexibility index (Phi) is 3.13. The van der Waals surface area contributed by atoms with E-state index >= 15 is 0 Å². The summed E-state index contributed by atoms with van der Waals surface area (Å²) in [7, 11) is 1.63. The molecule has 0 aliphatic rings. The van der Waals surface area contributed by atoms with E-state index in [4.69, 9.17) is 16.7 Å². The number of hydrogen-bond donors (Lipinski definition) is 1. The number of aryl methyl sites for hydroxylation is 2. The molecule has 4 nitrogen and oxygen atoms in total. The number of aliphatic carboxylic acids is 1. The van der Waals surface area contributed by atoms with Gasteiger partial charge in [-0.25, -0.2) is 0 Å². The van der Waals surface area contributed by atoms with Crippen LogP contribution in [-0.2, 0) is 18.3 Å². The molecule has 18 heavy (non-hydrogen) atoms. The molecule has 0 bridgehead atoms. The van der Waals surface area contributed by atoms with Crippen molar-refractivity contribution < 1.29 is 9.90 Å². The Balaban J connectivity index is 2.88. The van der Waals surface area contributed by atoms with E-state index in [1.165, 1.54) is 4.57 Å². The van der Waals surface area contributed by atoms with Crippen molar-refractivity contribution in [3.05, 3.63) is 44.7 Å². The summed E-state index contributed by atoms with van der Waals surface area (Å²) in [5.74, 6) is -1.02. The molecule has 0 aliphatic carbocycles. The molecule has 0 unspecified atom stereocenters. The standard InChI is InChI=1S/C13H12ClNO3/c1-7-9-5-8(14)3-4-11(9)15(2)13(18)10(7)6-12(16)17/h3-5H,6H2,1-2H3,(H,16,17). The zero-order valence-electron chi connectivity index (χ0n) is 10.0. The number of pyridine rings is 1. The molecule has 1 N–H and O–H groups in total. The van der Waals surface area contributed by atoms with Crippen molar-refractivity contribution in [2.75, 3.05) is 0 Å². The summed E-state index contributed by atoms with van der Waals surface area (Å²) in [4.78, 5) is 22.9. The van der Waals surface area contributed by atoms with Crippen LogP contribution in [0.4, 0.5) is 0 Å². The zero-order valence-corrected chi connectivity index (χ0v) is 10.8. The first-order chi connectivity index (χ1) is 8.41. The van der Waals surface area contributed by atoms with Crippen molar-refractivity contribution >= 4 is 28.5 Å². The van der Waals surface area contributed by atoms with Crippen LogP contribution in [0.5, 0.6) is 0 Å². The molecule has 5 heteroatoms. The molecule has 0 amide bonds. The maximum absolute atomic E-state index is 12.1. The van der Waals surface area contributed by atoms with E-state index in [1.807, 2.05) is 0 Å². The molecule has 0 atom stereocenters. The van der Waals surface area contributed by atoms with E-state index < -0.39 is 5.97 Å². The first-order valence-electron chi connectivity index (χ1n) is 5.41. The van der Waals surface area contributed by atoms with Crippen molar-refractivity contribution in [3.8, 4) is 0 Å². The van der Waals surface area contributed by atoms with Gasteiger partial charge in [0.1, 0.15) is 0 Å². The van der Waals surface area contributed by atoms with Gasteiger partial charge in [0.2, 0.25) is 0 Å². The van der Waals surface area contributed by atoms with Crippen molar-refractivity contribution in [1.82, 2.24) is 4.57 Å². The number of carboxylic acid groups (broad SMARTS) is 1.